The van der Waals surface area contributed by atoms with Gasteiger partial charge >= 0.3 is 0 Å². The lowest BCUT2D eigenvalue weighted by Gasteiger charge is -2.32. The van der Waals surface area contributed by atoms with Crippen molar-refractivity contribution >= 4 is 44.6 Å². The Balaban J connectivity index is 0.000000827. The molecule has 1 aromatic carbocycles. The highest BCUT2D eigenvalue weighted by Crippen LogP contribution is 2.45. The number of fused-ring (bicyclic) bond motifs is 3. The molecule has 2 aliphatic rings. The van der Waals surface area contributed by atoms with Gasteiger partial charge in [-0.25, -0.2) is 18.7 Å². The van der Waals surface area contributed by atoms with Crippen molar-refractivity contribution in [3.63, 3.8) is 0 Å². The van der Waals surface area contributed by atoms with Crippen molar-refractivity contribution in [2.75, 3.05) is 43.9 Å². The van der Waals surface area contributed by atoms with E-state index in [2.05, 4.69) is 42.3 Å². The summed E-state index contributed by atoms with van der Waals surface area (Å²) in [6.45, 7) is 17.5. The SMILES string of the molecule is C=C(c1c(/C(F)=C\C)sc(N)c1C#N)c1c2c(c3cnc(N4CCN(C)CC4)nc3c1F)COC2.CC.CCC. The Hall–Kier alpha value is -3.39. The quantitative estimate of drug-likeness (QED) is 0.366. The monoisotopic (exact) mass is 568 g/mol. The van der Waals surface area contributed by atoms with Crippen LogP contribution >= 0.6 is 11.3 Å². The predicted molar refractivity (Wildman–Crippen MR) is 161 cm³/mol. The van der Waals surface area contributed by atoms with Gasteiger partial charge in [0.05, 0.1) is 23.7 Å². The maximum atomic E-state index is 16.3. The fourth-order valence-electron chi connectivity index (χ4n) is 4.65. The van der Waals surface area contributed by atoms with Crippen molar-refractivity contribution in [1.29, 1.82) is 5.26 Å². The minimum atomic E-state index is -0.590. The van der Waals surface area contributed by atoms with Crippen molar-refractivity contribution in [1.82, 2.24) is 14.9 Å². The van der Waals surface area contributed by atoms with Crippen LogP contribution in [0.3, 0.4) is 0 Å². The van der Waals surface area contributed by atoms with E-state index in [-0.39, 0.29) is 50.9 Å². The van der Waals surface area contributed by atoms with Crippen LogP contribution < -0.4 is 10.6 Å². The zero-order chi connectivity index (χ0) is 29.6. The first kappa shape index (κ1) is 31.1. The van der Waals surface area contributed by atoms with Crippen molar-refractivity contribution < 1.29 is 13.5 Å². The normalized spacial score (nSPS) is 15.1. The molecule has 0 bridgehead atoms. The number of allylic oxidation sites excluding steroid dienone is 1. The van der Waals surface area contributed by atoms with Gasteiger partial charge in [-0.1, -0.05) is 46.8 Å². The van der Waals surface area contributed by atoms with E-state index in [1.54, 1.807) is 13.1 Å². The topological polar surface area (TPSA) is 91.3 Å². The Morgan fingerprint density at radius 2 is 1.82 bits per heavy atom. The lowest BCUT2D eigenvalue weighted by molar-refractivity contribution is 0.134. The maximum Gasteiger partial charge on any atom is 0.226 e. The van der Waals surface area contributed by atoms with Gasteiger partial charge in [0.2, 0.25) is 5.95 Å². The number of anilines is 2. The lowest BCUT2D eigenvalue weighted by atomic mass is 9.89. The van der Waals surface area contributed by atoms with Gasteiger partial charge in [-0.15, -0.1) is 11.3 Å². The molecule has 40 heavy (non-hydrogen) atoms. The molecular formula is C30H38F2N6OS. The second-order valence-electron chi connectivity index (χ2n) is 9.34. The Kier molecular flexibility index (Phi) is 10.7. The van der Waals surface area contributed by atoms with Gasteiger partial charge in [-0.05, 0) is 30.7 Å². The molecule has 4 heterocycles. The van der Waals surface area contributed by atoms with Crippen LogP contribution in [-0.4, -0.2) is 48.1 Å². The third-order valence-electron chi connectivity index (χ3n) is 6.59. The van der Waals surface area contributed by atoms with E-state index in [1.165, 1.54) is 12.5 Å². The number of piperazine rings is 1. The highest BCUT2D eigenvalue weighted by molar-refractivity contribution is 7.17. The Labute approximate surface area is 239 Å². The number of nitrogens with zero attached hydrogens (tertiary/aromatic N) is 5. The summed E-state index contributed by atoms with van der Waals surface area (Å²) in [6.07, 6.45) is 4.18. The van der Waals surface area contributed by atoms with Crippen LogP contribution in [-0.2, 0) is 18.0 Å². The fourth-order valence-corrected chi connectivity index (χ4v) is 5.66. The summed E-state index contributed by atoms with van der Waals surface area (Å²) < 4.78 is 36.7. The summed E-state index contributed by atoms with van der Waals surface area (Å²) in [6, 6.07) is 2.03. The van der Waals surface area contributed by atoms with Crippen LogP contribution in [0.25, 0.3) is 22.3 Å². The molecule has 1 fully saturated rings. The van der Waals surface area contributed by atoms with E-state index in [9.17, 15) is 9.65 Å². The number of hydrogen-bond donors (Lipinski definition) is 1. The summed E-state index contributed by atoms with van der Waals surface area (Å²) >= 11 is 0.947. The zero-order valence-electron chi connectivity index (χ0n) is 24.2. The Bertz CT molecular complexity index is 1450. The van der Waals surface area contributed by atoms with Gasteiger partial charge in [0.15, 0.2) is 5.82 Å². The van der Waals surface area contributed by atoms with E-state index in [0.717, 1.165) is 43.1 Å². The number of rotatable bonds is 4. The molecule has 10 heteroatoms. The number of ether oxygens (including phenoxy) is 1. The first-order valence-corrected chi connectivity index (χ1v) is 14.4. The summed E-state index contributed by atoms with van der Waals surface area (Å²) in [4.78, 5) is 13.5. The molecule has 5 rings (SSSR count). The molecule has 7 nitrogen and oxygen atoms in total. The number of halogens is 2. The minimum Gasteiger partial charge on any atom is -0.389 e. The largest absolute Gasteiger partial charge is 0.389 e. The Morgan fingerprint density at radius 3 is 2.42 bits per heavy atom. The molecule has 0 saturated carbocycles. The highest BCUT2D eigenvalue weighted by atomic mass is 32.1. The van der Waals surface area contributed by atoms with Gasteiger partial charge in [-0.2, -0.15) is 5.26 Å². The predicted octanol–water partition coefficient (Wildman–Crippen LogP) is 6.90. The number of nitrogen functional groups attached to an aromatic ring is 1. The molecule has 2 N–H and O–H groups in total. The molecule has 3 aromatic rings. The van der Waals surface area contributed by atoms with Gasteiger partial charge in [0.25, 0.3) is 0 Å². The molecule has 0 amide bonds. The molecular weight excluding hydrogens is 530 g/mol. The summed E-state index contributed by atoms with van der Waals surface area (Å²) in [5, 5.41) is 10.5. The van der Waals surface area contributed by atoms with E-state index >= 15 is 4.39 Å². The maximum absolute atomic E-state index is 16.3. The molecule has 0 atom stereocenters. The molecule has 1 saturated heterocycles. The van der Waals surface area contributed by atoms with Gasteiger partial charge in [0, 0.05) is 48.9 Å². The molecule has 2 aromatic heterocycles. The third kappa shape index (κ3) is 5.87. The fraction of sp³-hybridized carbons (Fsp3) is 0.433. The number of benzene rings is 1. The second kappa shape index (κ2) is 13.8. The van der Waals surface area contributed by atoms with E-state index < -0.39 is 11.6 Å². The smallest absolute Gasteiger partial charge is 0.226 e. The van der Waals surface area contributed by atoms with E-state index in [4.69, 9.17) is 10.5 Å². The van der Waals surface area contributed by atoms with Gasteiger partial charge in [0.1, 0.15) is 22.4 Å². The van der Waals surface area contributed by atoms with E-state index in [0.29, 0.717) is 16.9 Å². The highest BCUT2D eigenvalue weighted by Gasteiger charge is 2.31. The van der Waals surface area contributed by atoms with E-state index in [1.807, 2.05) is 24.8 Å². The average molecular weight is 569 g/mol. The number of nitrogens with two attached hydrogens (primary N) is 1. The summed E-state index contributed by atoms with van der Waals surface area (Å²) in [5.41, 5.74) is 8.21. The molecule has 0 spiro atoms. The van der Waals surface area contributed by atoms with Gasteiger partial charge in [-0.3, -0.25) is 0 Å². The molecule has 0 aliphatic carbocycles. The summed E-state index contributed by atoms with van der Waals surface area (Å²) in [7, 11) is 2.05. The number of likely N-dealkylation sites (N-methyl/N-ethyl adjacent to an activating group) is 1. The first-order valence-electron chi connectivity index (χ1n) is 13.6. The average Bonchev–Trinajstić information content (AvgIpc) is 3.58. The number of nitriles is 1. The third-order valence-corrected chi connectivity index (χ3v) is 7.62. The van der Waals surface area contributed by atoms with Crippen LogP contribution in [0.4, 0.5) is 19.7 Å². The minimum absolute atomic E-state index is 0.0833. The Morgan fingerprint density at radius 1 is 1.20 bits per heavy atom. The molecule has 2 aliphatic heterocycles. The van der Waals surface area contributed by atoms with Crippen LogP contribution in [0, 0.1) is 17.1 Å². The van der Waals surface area contributed by atoms with Crippen LogP contribution in [0.15, 0.2) is 18.9 Å². The van der Waals surface area contributed by atoms with Gasteiger partial charge < -0.3 is 20.3 Å². The number of aromatic nitrogens is 2. The molecule has 214 valence electrons. The van der Waals surface area contributed by atoms with Crippen molar-refractivity contribution in [2.24, 2.45) is 0 Å². The number of thiophene rings is 1. The zero-order valence-corrected chi connectivity index (χ0v) is 25.0. The van der Waals surface area contributed by atoms with Crippen molar-refractivity contribution in [2.45, 2.75) is 54.3 Å². The van der Waals surface area contributed by atoms with Crippen molar-refractivity contribution in [3.05, 3.63) is 57.4 Å². The van der Waals surface area contributed by atoms with Crippen molar-refractivity contribution in [3.8, 4) is 6.07 Å². The molecule has 0 unspecified atom stereocenters. The van der Waals surface area contributed by atoms with Crippen LogP contribution in [0.5, 0.6) is 0 Å². The number of hydrogen-bond acceptors (Lipinski definition) is 8. The standard InChI is InChI=1S/C25H24F2N6OS.C3H8.C2H6/c1-4-18(26)23-20(14(9-28)24(29)35-23)13(2)19-17-12-34-11-16(17)15-10-30-25(31-22(15)21(19)27)33-7-5-32(3)6-8-33;1-3-2;1-2/h4,10H,2,5-8,11-12,29H2,1,3H3;3H2,1-2H3;1-2H3/b18-4+;;. The van der Waals surface area contributed by atoms with Crippen LogP contribution in [0.2, 0.25) is 0 Å². The first-order chi connectivity index (χ1) is 19.3. The second-order valence-corrected chi connectivity index (χ2v) is 10.4. The lowest BCUT2D eigenvalue weighted by Crippen LogP contribution is -2.45. The van der Waals surface area contributed by atoms with Crippen LogP contribution in [0.1, 0.15) is 73.7 Å². The molecule has 0 radical (unpaired) electrons. The summed E-state index contributed by atoms with van der Waals surface area (Å²) in [5.74, 6) is -0.682.